The number of anilines is 2. The molecule has 0 spiro atoms. The van der Waals surface area contributed by atoms with E-state index in [-0.39, 0.29) is 4.90 Å². The van der Waals surface area contributed by atoms with Crippen LogP contribution in [-0.2, 0) is 21.2 Å². The lowest BCUT2D eigenvalue weighted by molar-refractivity contribution is -0.107. The number of sulfonamides is 1. The second-order valence-corrected chi connectivity index (χ2v) is 12.6. The highest BCUT2D eigenvalue weighted by Gasteiger charge is 2.30. The van der Waals surface area contributed by atoms with E-state index >= 15 is 0 Å². The molecule has 1 saturated heterocycles. The predicted octanol–water partition coefficient (Wildman–Crippen LogP) is 3.83. The first-order chi connectivity index (χ1) is 19.9. The third kappa shape index (κ3) is 5.68. The summed E-state index contributed by atoms with van der Waals surface area (Å²) in [5.41, 5.74) is 2.29. The van der Waals surface area contributed by atoms with Crippen molar-refractivity contribution in [2.24, 2.45) is 0 Å². The number of aliphatic hydroxyl groups is 1. The van der Waals surface area contributed by atoms with Crippen LogP contribution in [0, 0.1) is 0 Å². The molecule has 0 saturated carbocycles. The Kier molecular flexibility index (Phi) is 7.71. The van der Waals surface area contributed by atoms with Gasteiger partial charge < -0.3 is 19.6 Å². The molecule has 4 aromatic rings. The van der Waals surface area contributed by atoms with Crippen molar-refractivity contribution in [3.8, 4) is 11.5 Å². The molecular formula is C29H29N5O5S2. The summed E-state index contributed by atoms with van der Waals surface area (Å²) in [5, 5.41) is 11.6. The van der Waals surface area contributed by atoms with Crippen LogP contribution >= 0.6 is 11.5 Å². The zero-order valence-corrected chi connectivity index (χ0v) is 23.8. The Morgan fingerprint density at radius 3 is 2.49 bits per heavy atom. The molecule has 2 aliphatic rings. The molecule has 10 nitrogen and oxygen atoms in total. The molecule has 1 aromatic heterocycles. The highest BCUT2D eigenvalue weighted by molar-refractivity contribution is 7.89. The van der Waals surface area contributed by atoms with Crippen molar-refractivity contribution in [2.45, 2.75) is 23.8 Å². The molecule has 212 valence electrons. The van der Waals surface area contributed by atoms with E-state index in [1.165, 1.54) is 15.8 Å². The number of hydrogen-bond donors (Lipinski definition) is 1. The van der Waals surface area contributed by atoms with E-state index in [4.69, 9.17) is 4.74 Å². The zero-order valence-electron chi connectivity index (χ0n) is 22.2. The molecule has 1 fully saturated rings. The minimum atomic E-state index is -3.69. The number of hydrogen-bond acceptors (Lipinski definition) is 9. The average Bonchev–Trinajstić information content (AvgIpc) is 3.58. The molecule has 0 radical (unpaired) electrons. The molecule has 12 heteroatoms. The van der Waals surface area contributed by atoms with Crippen LogP contribution in [0.3, 0.4) is 0 Å². The topological polar surface area (TPSA) is 116 Å². The van der Waals surface area contributed by atoms with Gasteiger partial charge in [-0.3, -0.25) is 4.79 Å². The quantitative estimate of drug-likeness (QED) is 0.308. The van der Waals surface area contributed by atoms with Crippen molar-refractivity contribution in [3.05, 3.63) is 89.7 Å². The highest BCUT2D eigenvalue weighted by Crippen LogP contribution is 2.32. The third-order valence-corrected chi connectivity index (χ3v) is 10.0. The Balaban J connectivity index is 1.10. The van der Waals surface area contributed by atoms with Crippen molar-refractivity contribution >= 4 is 38.8 Å². The van der Waals surface area contributed by atoms with E-state index < -0.39 is 16.1 Å². The van der Waals surface area contributed by atoms with Crippen LogP contribution in [0.4, 0.5) is 10.8 Å². The third-order valence-electron chi connectivity index (χ3n) is 7.32. The van der Waals surface area contributed by atoms with E-state index in [0.717, 1.165) is 23.4 Å². The van der Waals surface area contributed by atoms with E-state index in [9.17, 15) is 18.3 Å². The number of aromatic nitrogens is 2. The number of fused-ring (bicyclic) bond motifs is 1. The molecule has 1 N–H and O–H groups in total. The fourth-order valence-corrected chi connectivity index (χ4v) is 7.37. The fourth-order valence-electron chi connectivity index (χ4n) is 5.11. The lowest BCUT2D eigenvalue weighted by atomic mass is 10.1. The first-order valence-corrected chi connectivity index (χ1v) is 15.6. The molecule has 1 amide bonds. The summed E-state index contributed by atoms with van der Waals surface area (Å²) in [5.74, 6) is 1.69. The summed E-state index contributed by atoms with van der Waals surface area (Å²) in [6.45, 7) is 2.34. The van der Waals surface area contributed by atoms with Gasteiger partial charge in [-0.05, 0) is 66.4 Å². The van der Waals surface area contributed by atoms with Gasteiger partial charge in [-0.2, -0.15) is 8.68 Å². The molecule has 0 aliphatic carbocycles. The number of ether oxygens (including phenoxy) is 1. The maximum absolute atomic E-state index is 13.5. The van der Waals surface area contributed by atoms with Gasteiger partial charge in [0.2, 0.25) is 21.6 Å². The summed E-state index contributed by atoms with van der Waals surface area (Å²) in [6.07, 6.45) is 1.05. The van der Waals surface area contributed by atoms with Crippen molar-refractivity contribution in [2.75, 3.05) is 42.5 Å². The van der Waals surface area contributed by atoms with E-state index in [1.807, 2.05) is 35.2 Å². The maximum atomic E-state index is 13.5. The minimum Gasteiger partial charge on any atom is -0.457 e. The lowest BCUT2D eigenvalue weighted by Gasteiger charge is -2.21. The molecule has 3 aromatic carbocycles. The van der Waals surface area contributed by atoms with Crippen LogP contribution in [0.5, 0.6) is 11.5 Å². The number of benzene rings is 3. The van der Waals surface area contributed by atoms with E-state index in [2.05, 4.69) is 9.36 Å². The normalized spacial score (nSPS) is 16.7. The standard InChI is InChI=1S/C29H29N5O5S2/c35-20-33-16-13-22-19-25(11-12-26(22)33)41(37,38)34-15-4-14-32(17-18-34)29-30-28(31-40-29)27(36)21-7-9-24(10-8-21)39-23-5-2-1-3-6-23/h1-3,5-12,19-20,27,36H,4,13-18H2. The van der Waals surface area contributed by atoms with Gasteiger partial charge in [0.25, 0.3) is 0 Å². The molecule has 1 atom stereocenters. The van der Waals surface area contributed by atoms with Gasteiger partial charge in [-0.15, -0.1) is 0 Å². The highest BCUT2D eigenvalue weighted by atomic mass is 32.2. The molecule has 3 heterocycles. The van der Waals surface area contributed by atoms with Crippen molar-refractivity contribution < 1.29 is 23.1 Å². The Bertz CT molecular complexity index is 1630. The van der Waals surface area contributed by atoms with E-state index in [1.54, 1.807) is 47.4 Å². The molecule has 6 rings (SSSR count). The summed E-state index contributed by atoms with van der Waals surface area (Å²) < 4.78 is 38.7. The van der Waals surface area contributed by atoms with Crippen LogP contribution in [0.1, 0.15) is 29.5 Å². The van der Waals surface area contributed by atoms with Crippen LogP contribution in [-0.4, -0.2) is 66.3 Å². The van der Waals surface area contributed by atoms with Gasteiger partial charge in [-0.25, -0.2) is 13.4 Å². The largest absolute Gasteiger partial charge is 0.457 e. The van der Waals surface area contributed by atoms with Gasteiger partial charge in [0.15, 0.2) is 5.82 Å². The number of para-hydroxylation sites is 1. The number of rotatable bonds is 8. The summed E-state index contributed by atoms with van der Waals surface area (Å²) in [4.78, 5) is 19.7. The van der Waals surface area contributed by atoms with Crippen LogP contribution in [0.15, 0.2) is 77.7 Å². The van der Waals surface area contributed by atoms with Crippen molar-refractivity contribution in [1.82, 2.24) is 13.7 Å². The van der Waals surface area contributed by atoms with Gasteiger partial charge in [0, 0.05) is 49.9 Å². The number of carbonyl (C=O) groups excluding carboxylic acids is 1. The monoisotopic (exact) mass is 591 g/mol. The predicted molar refractivity (Wildman–Crippen MR) is 156 cm³/mol. The molecular weight excluding hydrogens is 562 g/mol. The first-order valence-electron chi connectivity index (χ1n) is 13.4. The lowest BCUT2D eigenvalue weighted by Crippen LogP contribution is -2.35. The van der Waals surface area contributed by atoms with E-state index in [0.29, 0.717) is 67.8 Å². The molecule has 0 bridgehead atoms. The number of aliphatic hydroxyl groups excluding tert-OH is 1. The van der Waals surface area contributed by atoms with Gasteiger partial charge in [-0.1, -0.05) is 30.3 Å². The van der Waals surface area contributed by atoms with Crippen molar-refractivity contribution in [1.29, 1.82) is 0 Å². The van der Waals surface area contributed by atoms with Crippen molar-refractivity contribution in [3.63, 3.8) is 0 Å². The Hall–Kier alpha value is -3.84. The van der Waals surface area contributed by atoms with Gasteiger partial charge in [0.1, 0.15) is 17.6 Å². The minimum absolute atomic E-state index is 0.249. The Labute approximate surface area is 242 Å². The summed E-state index contributed by atoms with van der Waals surface area (Å²) in [7, 11) is -3.69. The molecule has 41 heavy (non-hydrogen) atoms. The second-order valence-electron chi connectivity index (χ2n) is 9.91. The number of nitrogens with zero attached hydrogens (tertiary/aromatic N) is 5. The average molecular weight is 592 g/mol. The van der Waals surface area contributed by atoms with Gasteiger partial charge >= 0.3 is 0 Å². The van der Waals surface area contributed by atoms with Gasteiger partial charge in [0.05, 0.1) is 4.90 Å². The summed E-state index contributed by atoms with van der Waals surface area (Å²) in [6, 6.07) is 21.6. The van der Waals surface area contributed by atoms with Crippen LogP contribution in [0.25, 0.3) is 0 Å². The van der Waals surface area contributed by atoms with Crippen LogP contribution < -0.4 is 14.5 Å². The Morgan fingerprint density at radius 1 is 0.927 bits per heavy atom. The number of carbonyl (C=O) groups is 1. The molecule has 2 aliphatic heterocycles. The second kappa shape index (κ2) is 11.6. The number of amides is 1. The smallest absolute Gasteiger partial charge is 0.243 e. The van der Waals surface area contributed by atoms with Crippen LogP contribution in [0.2, 0.25) is 0 Å². The summed E-state index contributed by atoms with van der Waals surface area (Å²) >= 11 is 1.19. The first kappa shape index (κ1) is 27.3. The fraction of sp³-hybridized carbons (Fsp3) is 0.276. The SMILES string of the molecule is O=CN1CCc2cc(S(=O)(=O)N3CCCN(c4nc(C(O)c5ccc(Oc6ccccc6)cc5)ns4)CC3)ccc21. The Morgan fingerprint density at radius 2 is 1.71 bits per heavy atom. The zero-order chi connectivity index (χ0) is 28.4. The maximum Gasteiger partial charge on any atom is 0.243 e. The molecule has 1 unspecified atom stereocenters.